The highest BCUT2D eigenvalue weighted by atomic mass is 32.2. The van der Waals surface area contributed by atoms with Gasteiger partial charge in [0.15, 0.2) is 0 Å². The number of benzene rings is 1. The minimum atomic E-state index is -3.36. The topological polar surface area (TPSA) is 49.4 Å². The van der Waals surface area contributed by atoms with Gasteiger partial charge in [-0.25, -0.2) is 8.42 Å². The molecule has 1 aromatic carbocycles. The van der Waals surface area contributed by atoms with Crippen molar-refractivity contribution in [2.24, 2.45) is 0 Å². The second kappa shape index (κ2) is 6.70. The van der Waals surface area contributed by atoms with E-state index >= 15 is 0 Å². The average molecular weight is 296 g/mol. The van der Waals surface area contributed by atoms with Crippen LogP contribution >= 0.6 is 0 Å². The van der Waals surface area contributed by atoms with Crippen molar-refractivity contribution in [1.29, 1.82) is 0 Å². The molecule has 0 saturated heterocycles. The molecule has 20 heavy (non-hydrogen) atoms. The van der Waals surface area contributed by atoms with Crippen molar-refractivity contribution < 1.29 is 8.42 Å². The summed E-state index contributed by atoms with van der Waals surface area (Å²) in [7, 11) is 0.234. The van der Waals surface area contributed by atoms with E-state index in [0.717, 1.165) is 37.8 Å². The fraction of sp³-hybridized carbons (Fsp3) is 0.600. The Labute approximate surface area is 122 Å². The van der Waals surface area contributed by atoms with E-state index in [1.165, 1.54) is 6.42 Å². The van der Waals surface area contributed by atoms with Gasteiger partial charge in [-0.1, -0.05) is 31.4 Å². The molecule has 5 heteroatoms. The molecule has 0 heterocycles. The quantitative estimate of drug-likeness (QED) is 0.907. The van der Waals surface area contributed by atoms with Crippen LogP contribution in [0.4, 0.5) is 0 Å². The third-order valence-electron chi connectivity index (χ3n) is 4.07. The van der Waals surface area contributed by atoms with E-state index in [9.17, 15) is 8.42 Å². The zero-order valence-electron chi connectivity index (χ0n) is 12.3. The predicted molar refractivity (Wildman–Crippen MR) is 81.0 cm³/mol. The molecule has 0 aliphatic heterocycles. The first-order valence-electron chi connectivity index (χ1n) is 7.27. The Morgan fingerprint density at radius 1 is 1.15 bits per heavy atom. The summed E-state index contributed by atoms with van der Waals surface area (Å²) in [6.07, 6.45) is 5.45. The van der Waals surface area contributed by atoms with Gasteiger partial charge in [-0.05, 0) is 37.6 Å². The summed E-state index contributed by atoms with van der Waals surface area (Å²) in [6.45, 7) is 0.749. The van der Waals surface area contributed by atoms with Crippen LogP contribution in [0, 0.1) is 0 Å². The molecule has 0 aromatic heterocycles. The van der Waals surface area contributed by atoms with E-state index in [1.54, 1.807) is 23.5 Å². The Balaban J connectivity index is 2.15. The summed E-state index contributed by atoms with van der Waals surface area (Å²) < 4.78 is 26.8. The normalized spacial score (nSPS) is 17.6. The van der Waals surface area contributed by atoms with Gasteiger partial charge in [0.2, 0.25) is 10.0 Å². The molecule has 4 nitrogen and oxygen atoms in total. The highest BCUT2D eigenvalue weighted by Crippen LogP contribution is 2.26. The van der Waals surface area contributed by atoms with E-state index in [0.29, 0.717) is 4.90 Å². The van der Waals surface area contributed by atoms with Gasteiger partial charge in [-0.15, -0.1) is 0 Å². The van der Waals surface area contributed by atoms with Gasteiger partial charge in [0.05, 0.1) is 4.90 Å². The van der Waals surface area contributed by atoms with Gasteiger partial charge >= 0.3 is 0 Å². The first-order valence-corrected chi connectivity index (χ1v) is 8.71. The third kappa shape index (κ3) is 3.40. The van der Waals surface area contributed by atoms with Crippen LogP contribution in [0.3, 0.4) is 0 Å². The highest BCUT2D eigenvalue weighted by Gasteiger charge is 2.28. The summed E-state index contributed by atoms with van der Waals surface area (Å²) in [6, 6.07) is 7.32. The van der Waals surface area contributed by atoms with Gasteiger partial charge in [-0.3, -0.25) is 0 Å². The molecule has 0 radical (unpaired) electrons. The number of hydrogen-bond acceptors (Lipinski definition) is 3. The lowest BCUT2D eigenvalue weighted by Gasteiger charge is -2.30. The number of nitrogens with zero attached hydrogens (tertiary/aromatic N) is 1. The molecule has 0 bridgehead atoms. The van der Waals surface area contributed by atoms with Crippen LogP contribution in [0.5, 0.6) is 0 Å². The molecule has 1 aromatic rings. The Hall–Kier alpha value is -0.910. The standard InChI is InChI=1S/C15H24N2O2S/c1-16-12-13-8-10-15(11-9-13)20(18,19)17(2)14-6-4-3-5-7-14/h8-11,14,16H,3-7,12H2,1-2H3. The van der Waals surface area contributed by atoms with Gasteiger partial charge in [-0.2, -0.15) is 4.31 Å². The Kier molecular flexibility index (Phi) is 5.18. The molecule has 1 fully saturated rings. The van der Waals surface area contributed by atoms with Crippen LogP contribution in [0.15, 0.2) is 29.2 Å². The zero-order valence-corrected chi connectivity index (χ0v) is 13.1. The molecule has 1 N–H and O–H groups in total. The van der Waals surface area contributed by atoms with Crippen LogP contribution in [-0.2, 0) is 16.6 Å². The van der Waals surface area contributed by atoms with Crippen molar-refractivity contribution in [2.75, 3.05) is 14.1 Å². The van der Waals surface area contributed by atoms with E-state index < -0.39 is 10.0 Å². The van der Waals surface area contributed by atoms with Crippen molar-refractivity contribution in [1.82, 2.24) is 9.62 Å². The van der Waals surface area contributed by atoms with Crippen molar-refractivity contribution in [3.8, 4) is 0 Å². The monoisotopic (exact) mass is 296 g/mol. The SMILES string of the molecule is CNCc1ccc(S(=O)(=O)N(C)C2CCCCC2)cc1. The van der Waals surface area contributed by atoms with Crippen LogP contribution in [0.25, 0.3) is 0 Å². The summed E-state index contributed by atoms with van der Waals surface area (Å²) >= 11 is 0. The highest BCUT2D eigenvalue weighted by molar-refractivity contribution is 7.89. The lowest BCUT2D eigenvalue weighted by Crippen LogP contribution is -2.38. The minimum Gasteiger partial charge on any atom is -0.316 e. The number of nitrogens with one attached hydrogen (secondary N) is 1. The second-order valence-corrected chi connectivity index (χ2v) is 7.48. The summed E-state index contributed by atoms with van der Waals surface area (Å²) in [5.74, 6) is 0. The molecule has 112 valence electrons. The number of rotatable bonds is 5. The molecule has 0 amide bonds. The second-order valence-electron chi connectivity index (χ2n) is 5.49. The van der Waals surface area contributed by atoms with Crippen molar-refractivity contribution in [3.63, 3.8) is 0 Å². The van der Waals surface area contributed by atoms with Crippen LogP contribution in [0.1, 0.15) is 37.7 Å². The first-order chi connectivity index (χ1) is 9.55. The lowest BCUT2D eigenvalue weighted by atomic mass is 9.96. The maximum absolute atomic E-state index is 12.6. The summed E-state index contributed by atoms with van der Waals surface area (Å²) in [5.41, 5.74) is 1.09. The van der Waals surface area contributed by atoms with Crippen LogP contribution in [0.2, 0.25) is 0 Å². The van der Waals surface area contributed by atoms with Crippen molar-refractivity contribution in [2.45, 2.75) is 49.6 Å². The fourth-order valence-electron chi connectivity index (χ4n) is 2.79. The van der Waals surface area contributed by atoms with Gasteiger partial charge < -0.3 is 5.32 Å². The summed E-state index contributed by atoms with van der Waals surface area (Å²) in [5, 5.41) is 3.06. The van der Waals surface area contributed by atoms with Crippen LogP contribution in [-0.4, -0.2) is 32.9 Å². The Bertz CT molecular complexity index is 519. The molecular weight excluding hydrogens is 272 g/mol. The Morgan fingerprint density at radius 3 is 2.30 bits per heavy atom. The third-order valence-corrected chi connectivity index (χ3v) is 5.99. The molecule has 2 rings (SSSR count). The minimum absolute atomic E-state index is 0.158. The molecule has 1 saturated carbocycles. The molecular formula is C15H24N2O2S. The van der Waals surface area contributed by atoms with E-state index in [1.807, 2.05) is 19.2 Å². The molecule has 1 aliphatic carbocycles. The lowest BCUT2D eigenvalue weighted by molar-refractivity contribution is 0.286. The molecule has 0 unspecified atom stereocenters. The van der Waals surface area contributed by atoms with E-state index in [2.05, 4.69) is 5.32 Å². The largest absolute Gasteiger partial charge is 0.316 e. The van der Waals surface area contributed by atoms with E-state index in [4.69, 9.17) is 0 Å². The van der Waals surface area contributed by atoms with Gasteiger partial charge in [0.25, 0.3) is 0 Å². The first kappa shape index (κ1) is 15.5. The van der Waals surface area contributed by atoms with Gasteiger partial charge in [0, 0.05) is 19.6 Å². The maximum atomic E-state index is 12.6. The van der Waals surface area contributed by atoms with Crippen molar-refractivity contribution in [3.05, 3.63) is 29.8 Å². The zero-order chi connectivity index (χ0) is 14.6. The molecule has 0 atom stereocenters. The average Bonchev–Trinajstić information content (AvgIpc) is 2.48. The smallest absolute Gasteiger partial charge is 0.243 e. The Morgan fingerprint density at radius 2 is 1.75 bits per heavy atom. The molecule has 0 spiro atoms. The van der Waals surface area contributed by atoms with E-state index in [-0.39, 0.29) is 6.04 Å². The predicted octanol–water partition coefficient (Wildman–Crippen LogP) is 2.36. The van der Waals surface area contributed by atoms with Crippen molar-refractivity contribution >= 4 is 10.0 Å². The summed E-state index contributed by atoms with van der Waals surface area (Å²) in [4.78, 5) is 0.394. The van der Waals surface area contributed by atoms with Crippen LogP contribution < -0.4 is 5.32 Å². The number of hydrogen-bond donors (Lipinski definition) is 1. The number of sulfonamides is 1. The molecule has 1 aliphatic rings. The fourth-order valence-corrected chi connectivity index (χ4v) is 4.21. The maximum Gasteiger partial charge on any atom is 0.243 e. The van der Waals surface area contributed by atoms with Gasteiger partial charge in [0.1, 0.15) is 0 Å².